The standard InChI is InChI=1S/C12H9NOS/c14-12(10-6-2-1-3-7-10)13-9-5-4-8-11(13)15/h1-9H. The molecule has 0 radical (unpaired) electrons. The smallest absolute Gasteiger partial charge is 0.262 e. The Balaban J connectivity index is 2.47. The van der Waals surface area contributed by atoms with E-state index in [1.54, 1.807) is 30.5 Å². The monoisotopic (exact) mass is 215 g/mol. The summed E-state index contributed by atoms with van der Waals surface area (Å²) in [5, 5.41) is 0. The minimum atomic E-state index is -0.0961. The lowest BCUT2D eigenvalue weighted by atomic mass is 10.2. The Hall–Kier alpha value is -1.74. The first-order valence-electron chi connectivity index (χ1n) is 4.56. The second kappa shape index (κ2) is 4.19. The molecule has 0 unspecified atom stereocenters. The molecule has 0 aliphatic heterocycles. The van der Waals surface area contributed by atoms with Gasteiger partial charge in [0.1, 0.15) is 4.64 Å². The molecule has 0 aliphatic carbocycles. The van der Waals surface area contributed by atoms with E-state index in [2.05, 4.69) is 0 Å². The van der Waals surface area contributed by atoms with Crippen LogP contribution in [0, 0.1) is 4.64 Å². The molecular formula is C12H9NOS. The van der Waals surface area contributed by atoms with Gasteiger partial charge in [-0.15, -0.1) is 0 Å². The molecule has 0 saturated heterocycles. The Morgan fingerprint density at radius 2 is 1.67 bits per heavy atom. The van der Waals surface area contributed by atoms with Crippen molar-refractivity contribution in [2.45, 2.75) is 0 Å². The highest BCUT2D eigenvalue weighted by atomic mass is 32.1. The molecule has 2 rings (SSSR count). The molecule has 2 nitrogen and oxygen atoms in total. The average Bonchev–Trinajstić information content (AvgIpc) is 2.30. The number of hydrogen-bond acceptors (Lipinski definition) is 2. The Labute approximate surface area is 92.8 Å². The lowest BCUT2D eigenvalue weighted by Crippen LogP contribution is -2.12. The van der Waals surface area contributed by atoms with Gasteiger partial charge < -0.3 is 0 Å². The van der Waals surface area contributed by atoms with Gasteiger partial charge in [0.15, 0.2) is 0 Å². The van der Waals surface area contributed by atoms with E-state index in [1.165, 1.54) is 4.57 Å². The largest absolute Gasteiger partial charge is 0.274 e. The fourth-order valence-corrected chi connectivity index (χ4v) is 1.54. The van der Waals surface area contributed by atoms with Crippen LogP contribution in [0.25, 0.3) is 0 Å². The van der Waals surface area contributed by atoms with E-state index in [9.17, 15) is 4.79 Å². The fraction of sp³-hybridized carbons (Fsp3) is 0. The van der Waals surface area contributed by atoms with Crippen molar-refractivity contribution in [3.8, 4) is 0 Å². The van der Waals surface area contributed by atoms with Crippen molar-refractivity contribution in [2.75, 3.05) is 0 Å². The van der Waals surface area contributed by atoms with E-state index >= 15 is 0 Å². The predicted molar refractivity (Wildman–Crippen MR) is 61.4 cm³/mol. The maximum absolute atomic E-state index is 12.0. The molecule has 0 fully saturated rings. The summed E-state index contributed by atoms with van der Waals surface area (Å²) in [6.45, 7) is 0. The minimum Gasteiger partial charge on any atom is -0.274 e. The molecule has 2 aromatic rings. The molecule has 0 atom stereocenters. The Morgan fingerprint density at radius 3 is 2.33 bits per heavy atom. The zero-order valence-corrected chi connectivity index (χ0v) is 8.78. The quantitative estimate of drug-likeness (QED) is 0.682. The van der Waals surface area contributed by atoms with E-state index in [0.717, 1.165) is 0 Å². The van der Waals surface area contributed by atoms with Crippen molar-refractivity contribution in [3.63, 3.8) is 0 Å². The first kappa shape index (κ1) is 9.80. The van der Waals surface area contributed by atoms with Gasteiger partial charge in [0.25, 0.3) is 5.91 Å². The molecular weight excluding hydrogens is 206 g/mol. The molecule has 3 heteroatoms. The van der Waals surface area contributed by atoms with Crippen LogP contribution in [0.3, 0.4) is 0 Å². The molecule has 0 N–H and O–H groups in total. The maximum Gasteiger partial charge on any atom is 0.262 e. The van der Waals surface area contributed by atoms with Crippen molar-refractivity contribution in [1.29, 1.82) is 0 Å². The van der Waals surface area contributed by atoms with Gasteiger partial charge in [-0.3, -0.25) is 9.36 Å². The van der Waals surface area contributed by atoms with E-state index in [0.29, 0.717) is 10.2 Å². The predicted octanol–water partition coefficient (Wildman–Crippen LogP) is 2.91. The van der Waals surface area contributed by atoms with E-state index in [-0.39, 0.29) is 5.91 Å². The van der Waals surface area contributed by atoms with Crippen LogP contribution in [0.2, 0.25) is 0 Å². The van der Waals surface area contributed by atoms with Crippen LogP contribution >= 0.6 is 12.2 Å². The molecule has 1 heterocycles. The number of nitrogens with zero attached hydrogens (tertiary/aromatic N) is 1. The first-order valence-corrected chi connectivity index (χ1v) is 4.97. The zero-order valence-electron chi connectivity index (χ0n) is 7.96. The highest BCUT2D eigenvalue weighted by molar-refractivity contribution is 7.71. The van der Waals surface area contributed by atoms with Gasteiger partial charge in [-0.2, -0.15) is 0 Å². The molecule has 0 amide bonds. The lowest BCUT2D eigenvalue weighted by Gasteiger charge is -2.04. The van der Waals surface area contributed by atoms with Crippen LogP contribution in [0.15, 0.2) is 54.7 Å². The Kier molecular flexibility index (Phi) is 2.74. The van der Waals surface area contributed by atoms with Gasteiger partial charge >= 0.3 is 0 Å². The molecule has 0 saturated carbocycles. The third-order valence-corrected chi connectivity index (χ3v) is 2.39. The third kappa shape index (κ3) is 2.02. The number of aromatic nitrogens is 1. The van der Waals surface area contributed by atoms with Crippen LogP contribution in [0.1, 0.15) is 10.4 Å². The van der Waals surface area contributed by atoms with Crippen molar-refractivity contribution in [1.82, 2.24) is 4.57 Å². The lowest BCUT2D eigenvalue weighted by molar-refractivity contribution is 0.0958. The normalized spacial score (nSPS) is 9.87. The van der Waals surface area contributed by atoms with Crippen LogP contribution in [0.4, 0.5) is 0 Å². The summed E-state index contributed by atoms with van der Waals surface area (Å²) >= 11 is 5.07. The SMILES string of the molecule is O=C(c1ccccc1)n1ccccc1=S. The van der Waals surface area contributed by atoms with Crippen LogP contribution < -0.4 is 0 Å². The summed E-state index contributed by atoms with van der Waals surface area (Å²) < 4.78 is 1.98. The number of carbonyl (C=O) groups is 1. The summed E-state index contributed by atoms with van der Waals surface area (Å²) in [6.07, 6.45) is 1.68. The molecule has 0 spiro atoms. The number of pyridine rings is 1. The highest BCUT2D eigenvalue weighted by Gasteiger charge is 2.06. The van der Waals surface area contributed by atoms with Crippen LogP contribution in [-0.4, -0.2) is 10.5 Å². The van der Waals surface area contributed by atoms with Gasteiger partial charge in [-0.05, 0) is 24.3 Å². The summed E-state index contributed by atoms with van der Waals surface area (Å²) in [7, 11) is 0. The highest BCUT2D eigenvalue weighted by Crippen LogP contribution is 2.03. The molecule has 15 heavy (non-hydrogen) atoms. The third-order valence-electron chi connectivity index (χ3n) is 2.06. The second-order valence-corrected chi connectivity index (χ2v) is 3.50. The molecule has 74 valence electrons. The van der Waals surface area contributed by atoms with E-state index in [1.807, 2.05) is 24.3 Å². The van der Waals surface area contributed by atoms with Gasteiger partial charge in [-0.25, -0.2) is 0 Å². The van der Waals surface area contributed by atoms with Gasteiger partial charge in [0.05, 0.1) is 0 Å². The summed E-state index contributed by atoms with van der Waals surface area (Å²) in [5.74, 6) is -0.0961. The van der Waals surface area contributed by atoms with E-state index < -0.39 is 0 Å². The van der Waals surface area contributed by atoms with Crippen LogP contribution in [0.5, 0.6) is 0 Å². The molecule has 1 aromatic carbocycles. The summed E-state index contributed by atoms with van der Waals surface area (Å²) in [5.41, 5.74) is 0.639. The van der Waals surface area contributed by atoms with Crippen molar-refractivity contribution in [2.24, 2.45) is 0 Å². The van der Waals surface area contributed by atoms with Crippen molar-refractivity contribution in [3.05, 3.63) is 64.9 Å². The first-order chi connectivity index (χ1) is 7.29. The number of hydrogen-bond donors (Lipinski definition) is 0. The molecule has 0 bridgehead atoms. The fourth-order valence-electron chi connectivity index (χ4n) is 1.31. The number of rotatable bonds is 1. The number of carbonyl (C=O) groups excluding carboxylic acids is 1. The summed E-state index contributed by atoms with van der Waals surface area (Å²) in [4.78, 5) is 12.0. The van der Waals surface area contributed by atoms with E-state index in [4.69, 9.17) is 12.2 Å². The Bertz CT molecular complexity index is 531. The Morgan fingerprint density at radius 1 is 1.00 bits per heavy atom. The summed E-state index contributed by atoms with van der Waals surface area (Å²) in [6, 6.07) is 14.4. The zero-order chi connectivity index (χ0) is 10.7. The van der Waals surface area contributed by atoms with Gasteiger partial charge in [0.2, 0.25) is 0 Å². The minimum absolute atomic E-state index is 0.0961. The van der Waals surface area contributed by atoms with Crippen molar-refractivity contribution < 1.29 is 4.79 Å². The van der Waals surface area contributed by atoms with Gasteiger partial charge in [-0.1, -0.05) is 36.5 Å². The molecule has 1 aromatic heterocycles. The van der Waals surface area contributed by atoms with Gasteiger partial charge in [0, 0.05) is 11.8 Å². The maximum atomic E-state index is 12.0. The van der Waals surface area contributed by atoms with Crippen LogP contribution in [-0.2, 0) is 0 Å². The second-order valence-electron chi connectivity index (χ2n) is 3.08. The topological polar surface area (TPSA) is 22.0 Å². The molecule has 0 aliphatic rings. The number of benzene rings is 1. The average molecular weight is 215 g/mol. The van der Waals surface area contributed by atoms with Crippen molar-refractivity contribution >= 4 is 18.1 Å².